The van der Waals surface area contributed by atoms with Crippen molar-refractivity contribution >= 4 is 5.69 Å². The SMILES string of the molecule is CN1c2c(F)cccc2C(N)C2CCCCC21. The van der Waals surface area contributed by atoms with Crippen LogP contribution in [0.4, 0.5) is 10.1 Å². The van der Waals surface area contributed by atoms with Gasteiger partial charge in [-0.05, 0) is 30.4 Å². The first kappa shape index (κ1) is 11.0. The van der Waals surface area contributed by atoms with Crippen molar-refractivity contribution in [1.29, 1.82) is 0 Å². The predicted octanol–water partition coefficient (Wildman–Crippen LogP) is 2.83. The van der Waals surface area contributed by atoms with Gasteiger partial charge in [-0.3, -0.25) is 0 Å². The summed E-state index contributed by atoms with van der Waals surface area (Å²) in [6, 6.07) is 5.70. The Bertz CT molecular complexity index is 432. The van der Waals surface area contributed by atoms with E-state index >= 15 is 0 Å². The molecule has 2 N–H and O–H groups in total. The van der Waals surface area contributed by atoms with Crippen LogP contribution < -0.4 is 10.6 Å². The third-order valence-corrected chi connectivity index (χ3v) is 4.47. The van der Waals surface area contributed by atoms with Crippen molar-refractivity contribution in [2.75, 3.05) is 11.9 Å². The molecule has 2 nitrogen and oxygen atoms in total. The summed E-state index contributed by atoms with van der Waals surface area (Å²) in [5.41, 5.74) is 8.05. The zero-order valence-corrected chi connectivity index (χ0v) is 10.2. The number of hydrogen-bond acceptors (Lipinski definition) is 2. The normalized spacial score (nSPS) is 31.9. The van der Waals surface area contributed by atoms with Crippen LogP contribution >= 0.6 is 0 Å². The Hall–Kier alpha value is -1.09. The number of nitrogens with two attached hydrogens (primary N) is 1. The van der Waals surface area contributed by atoms with Crippen LogP contribution in [-0.2, 0) is 0 Å². The summed E-state index contributed by atoms with van der Waals surface area (Å²) < 4.78 is 14.0. The van der Waals surface area contributed by atoms with Crippen molar-refractivity contribution in [3.63, 3.8) is 0 Å². The molecule has 1 aromatic carbocycles. The highest BCUT2D eigenvalue weighted by molar-refractivity contribution is 5.59. The highest BCUT2D eigenvalue weighted by atomic mass is 19.1. The molecule has 1 aliphatic heterocycles. The Morgan fingerprint density at radius 1 is 1.29 bits per heavy atom. The lowest BCUT2D eigenvalue weighted by molar-refractivity contribution is 0.244. The summed E-state index contributed by atoms with van der Waals surface area (Å²) in [6.07, 6.45) is 4.81. The molecule has 17 heavy (non-hydrogen) atoms. The molecular weight excluding hydrogens is 215 g/mol. The maximum Gasteiger partial charge on any atom is 0.146 e. The highest BCUT2D eigenvalue weighted by Crippen LogP contribution is 2.45. The lowest BCUT2D eigenvalue weighted by Crippen LogP contribution is -2.49. The van der Waals surface area contributed by atoms with Gasteiger partial charge in [-0.1, -0.05) is 25.0 Å². The fourth-order valence-corrected chi connectivity index (χ4v) is 3.61. The Balaban J connectivity index is 2.10. The molecule has 1 aromatic rings. The fourth-order valence-electron chi connectivity index (χ4n) is 3.61. The molecule has 1 heterocycles. The topological polar surface area (TPSA) is 29.3 Å². The van der Waals surface area contributed by atoms with Crippen molar-refractivity contribution in [2.24, 2.45) is 11.7 Å². The fraction of sp³-hybridized carbons (Fsp3) is 0.571. The second-order valence-corrected chi connectivity index (χ2v) is 5.33. The molecule has 3 unspecified atom stereocenters. The van der Waals surface area contributed by atoms with Gasteiger partial charge in [0.15, 0.2) is 0 Å². The lowest BCUT2D eigenvalue weighted by Gasteiger charge is -2.47. The second kappa shape index (κ2) is 3.98. The van der Waals surface area contributed by atoms with E-state index in [-0.39, 0.29) is 11.9 Å². The van der Waals surface area contributed by atoms with Gasteiger partial charge in [0.05, 0.1) is 5.69 Å². The zero-order chi connectivity index (χ0) is 12.0. The molecule has 92 valence electrons. The number of hydrogen-bond donors (Lipinski definition) is 1. The van der Waals surface area contributed by atoms with Crippen molar-refractivity contribution in [1.82, 2.24) is 0 Å². The Morgan fingerprint density at radius 3 is 2.88 bits per heavy atom. The van der Waals surface area contributed by atoms with E-state index in [0.717, 1.165) is 17.7 Å². The molecule has 0 saturated heterocycles. The average molecular weight is 234 g/mol. The Labute approximate surface area is 102 Å². The third-order valence-electron chi connectivity index (χ3n) is 4.47. The molecule has 1 fully saturated rings. The quantitative estimate of drug-likeness (QED) is 0.748. The Morgan fingerprint density at radius 2 is 2.06 bits per heavy atom. The lowest BCUT2D eigenvalue weighted by atomic mass is 9.74. The van der Waals surface area contributed by atoms with Crippen LogP contribution in [0.5, 0.6) is 0 Å². The molecule has 0 aromatic heterocycles. The van der Waals surface area contributed by atoms with E-state index in [1.54, 1.807) is 6.07 Å². The monoisotopic (exact) mass is 234 g/mol. The summed E-state index contributed by atoms with van der Waals surface area (Å²) in [5.74, 6) is 0.354. The van der Waals surface area contributed by atoms with Gasteiger partial charge in [0.25, 0.3) is 0 Å². The van der Waals surface area contributed by atoms with Crippen molar-refractivity contribution in [2.45, 2.75) is 37.8 Å². The smallest absolute Gasteiger partial charge is 0.146 e. The number of nitrogens with zero attached hydrogens (tertiary/aromatic N) is 1. The van der Waals surface area contributed by atoms with E-state index in [1.165, 1.54) is 25.3 Å². The van der Waals surface area contributed by atoms with Gasteiger partial charge in [-0.15, -0.1) is 0 Å². The van der Waals surface area contributed by atoms with Gasteiger partial charge in [0.1, 0.15) is 5.82 Å². The molecule has 0 amide bonds. The molecule has 3 atom stereocenters. The number of anilines is 1. The maximum atomic E-state index is 14.0. The molecule has 2 aliphatic rings. The van der Waals surface area contributed by atoms with Crippen LogP contribution in [-0.4, -0.2) is 13.1 Å². The second-order valence-electron chi connectivity index (χ2n) is 5.33. The molecule has 3 rings (SSSR count). The first-order valence-electron chi connectivity index (χ1n) is 6.47. The number of rotatable bonds is 0. The summed E-state index contributed by atoms with van der Waals surface area (Å²) in [4.78, 5) is 2.12. The number of para-hydroxylation sites is 1. The first-order valence-corrected chi connectivity index (χ1v) is 6.47. The van der Waals surface area contributed by atoms with Crippen LogP contribution in [0.25, 0.3) is 0 Å². The largest absolute Gasteiger partial charge is 0.369 e. The van der Waals surface area contributed by atoms with Crippen LogP contribution in [0, 0.1) is 11.7 Å². The third kappa shape index (κ3) is 1.56. The van der Waals surface area contributed by atoms with Crippen molar-refractivity contribution < 1.29 is 4.39 Å². The van der Waals surface area contributed by atoms with Crippen molar-refractivity contribution in [3.05, 3.63) is 29.6 Å². The molecule has 1 aliphatic carbocycles. The minimum atomic E-state index is -0.135. The van der Waals surface area contributed by atoms with Crippen LogP contribution in [0.1, 0.15) is 37.3 Å². The van der Waals surface area contributed by atoms with Crippen LogP contribution in [0.2, 0.25) is 0 Å². The van der Waals surface area contributed by atoms with Crippen LogP contribution in [0.15, 0.2) is 18.2 Å². The number of halogens is 1. The van der Waals surface area contributed by atoms with Gasteiger partial charge in [-0.25, -0.2) is 4.39 Å². The molecule has 0 radical (unpaired) electrons. The van der Waals surface area contributed by atoms with Gasteiger partial charge in [0, 0.05) is 19.1 Å². The van der Waals surface area contributed by atoms with E-state index in [2.05, 4.69) is 4.90 Å². The summed E-state index contributed by atoms with van der Waals surface area (Å²) >= 11 is 0. The van der Waals surface area contributed by atoms with E-state index in [1.807, 2.05) is 13.1 Å². The molecule has 3 heteroatoms. The predicted molar refractivity (Wildman–Crippen MR) is 67.5 cm³/mol. The van der Waals surface area contributed by atoms with Gasteiger partial charge < -0.3 is 10.6 Å². The zero-order valence-electron chi connectivity index (χ0n) is 10.2. The molecular formula is C14H19FN2. The summed E-state index contributed by atoms with van der Waals surface area (Å²) in [5, 5.41) is 0. The summed E-state index contributed by atoms with van der Waals surface area (Å²) in [7, 11) is 2.01. The first-order chi connectivity index (χ1) is 8.20. The molecule has 0 bridgehead atoms. The van der Waals surface area contributed by atoms with Gasteiger partial charge >= 0.3 is 0 Å². The van der Waals surface area contributed by atoms with E-state index in [0.29, 0.717) is 12.0 Å². The standard InChI is InChI=1S/C14H19FN2/c1-17-12-8-3-2-5-9(12)13(16)10-6-4-7-11(15)14(10)17/h4,6-7,9,12-13H,2-3,5,8,16H2,1H3. The van der Waals surface area contributed by atoms with E-state index in [4.69, 9.17) is 5.73 Å². The molecule has 1 saturated carbocycles. The number of benzene rings is 1. The average Bonchev–Trinajstić information content (AvgIpc) is 2.36. The summed E-state index contributed by atoms with van der Waals surface area (Å²) in [6.45, 7) is 0. The minimum absolute atomic E-state index is 0.00204. The number of fused-ring (bicyclic) bond motifs is 2. The Kier molecular flexibility index (Phi) is 2.58. The highest BCUT2D eigenvalue weighted by Gasteiger charge is 2.40. The maximum absolute atomic E-state index is 14.0. The van der Waals surface area contributed by atoms with Gasteiger partial charge in [0.2, 0.25) is 0 Å². The van der Waals surface area contributed by atoms with E-state index < -0.39 is 0 Å². The van der Waals surface area contributed by atoms with Crippen LogP contribution in [0.3, 0.4) is 0 Å². The van der Waals surface area contributed by atoms with Crippen molar-refractivity contribution in [3.8, 4) is 0 Å². The minimum Gasteiger partial charge on any atom is -0.369 e. The molecule has 0 spiro atoms. The van der Waals surface area contributed by atoms with E-state index in [9.17, 15) is 4.39 Å². The van der Waals surface area contributed by atoms with Gasteiger partial charge in [-0.2, -0.15) is 0 Å².